The van der Waals surface area contributed by atoms with Crippen LogP contribution in [0.4, 0.5) is 5.95 Å². The van der Waals surface area contributed by atoms with E-state index in [1.54, 1.807) is 0 Å². The Hall–Kier alpha value is -2.21. The summed E-state index contributed by atoms with van der Waals surface area (Å²) in [7, 11) is 0. The Balaban J connectivity index is 1.55. The highest BCUT2D eigenvalue weighted by Gasteiger charge is 2.26. The number of hydrogen-bond acceptors (Lipinski definition) is 6. The molecule has 0 radical (unpaired) electrons. The zero-order chi connectivity index (χ0) is 17.4. The van der Waals surface area contributed by atoms with Gasteiger partial charge < -0.3 is 15.5 Å². The molecule has 2 aliphatic carbocycles. The Labute approximate surface area is 147 Å². The molecule has 1 aromatic carbocycles. The van der Waals surface area contributed by atoms with Gasteiger partial charge in [0.25, 0.3) is 0 Å². The second-order valence-electron chi connectivity index (χ2n) is 7.22. The molecule has 2 fully saturated rings. The molecule has 0 bridgehead atoms. The van der Waals surface area contributed by atoms with E-state index in [1.165, 1.54) is 18.4 Å². The number of anilines is 1. The van der Waals surface area contributed by atoms with E-state index in [2.05, 4.69) is 26.6 Å². The topological polar surface area (TPSA) is 91.2 Å². The first-order valence-electron chi connectivity index (χ1n) is 9.11. The van der Waals surface area contributed by atoms with Crippen LogP contribution in [0, 0.1) is 6.92 Å². The standard InChI is InChI=1S/C19H24N4O2/c1-11-18(14-9-8-13(10-17(14)25)12-6-7-12)22-23-19(20-11)21-15-4-2-3-5-16(15)24/h8-10,12,15-16,24-25H,2-7H2,1H3,(H,20,21,23)/t15-,16-/m1/s1. The molecule has 2 aliphatic rings. The van der Waals surface area contributed by atoms with Gasteiger partial charge in [0.05, 0.1) is 17.8 Å². The summed E-state index contributed by atoms with van der Waals surface area (Å²) in [6.07, 6.45) is 5.92. The number of phenolic OH excluding ortho intramolecular Hbond substituents is 1. The smallest absolute Gasteiger partial charge is 0.243 e. The number of aromatic hydroxyl groups is 1. The van der Waals surface area contributed by atoms with E-state index in [0.717, 1.165) is 25.7 Å². The van der Waals surface area contributed by atoms with Crippen molar-refractivity contribution in [1.82, 2.24) is 15.2 Å². The van der Waals surface area contributed by atoms with Crippen LogP contribution in [0.1, 0.15) is 55.7 Å². The van der Waals surface area contributed by atoms with Crippen molar-refractivity contribution >= 4 is 5.95 Å². The molecular formula is C19H24N4O2. The summed E-state index contributed by atoms with van der Waals surface area (Å²) in [4.78, 5) is 4.48. The highest BCUT2D eigenvalue weighted by atomic mass is 16.3. The Kier molecular flexibility index (Phi) is 4.29. The van der Waals surface area contributed by atoms with E-state index in [-0.39, 0.29) is 17.9 Å². The molecule has 0 aliphatic heterocycles. The van der Waals surface area contributed by atoms with Crippen LogP contribution >= 0.6 is 0 Å². The van der Waals surface area contributed by atoms with Crippen LogP contribution < -0.4 is 5.32 Å². The van der Waals surface area contributed by atoms with Gasteiger partial charge >= 0.3 is 0 Å². The molecule has 6 heteroatoms. The van der Waals surface area contributed by atoms with Crippen LogP contribution in [-0.4, -0.2) is 37.5 Å². The second kappa shape index (κ2) is 6.59. The first-order chi connectivity index (χ1) is 12.1. The SMILES string of the molecule is Cc1nc(N[C@@H]2CCCC[C@H]2O)nnc1-c1ccc(C2CC2)cc1O. The average Bonchev–Trinajstić information content (AvgIpc) is 3.43. The third kappa shape index (κ3) is 3.44. The number of aliphatic hydroxyl groups excluding tert-OH is 1. The Morgan fingerprint density at radius 1 is 1.08 bits per heavy atom. The van der Waals surface area contributed by atoms with Gasteiger partial charge in [-0.25, -0.2) is 4.98 Å². The van der Waals surface area contributed by atoms with Gasteiger partial charge in [0, 0.05) is 5.56 Å². The van der Waals surface area contributed by atoms with E-state index in [4.69, 9.17) is 0 Å². The fourth-order valence-corrected chi connectivity index (χ4v) is 3.58. The van der Waals surface area contributed by atoms with Gasteiger partial charge in [-0.3, -0.25) is 0 Å². The van der Waals surface area contributed by atoms with Gasteiger partial charge in [-0.1, -0.05) is 18.9 Å². The monoisotopic (exact) mass is 340 g/mol. The van der Waals surface area contributed by atoms with Gasteiger partial charge in [0.15, 0.2) is 0 Å². The number of aromatic nitrogens is 3. The highest BCUT2D eigenvalue weighted by molar-refractivity contribution is 5.69. The van der Waals surface area contributed by atoms with Crippen LogP contribution in [0.5, 0.6) is 5.75 Å². The maximum atomic E-state index is 10.4. The number of hydrogen-bond donors (Lipinski definition) is 3. The lowest BCUT2D eigenvalue weighted by molar-refractivity contribution is 0.116. The molecule has 2 saturated carbocycles. The number of nitrogens with one attached hydrogen (secondary N) is 1. The van der Waals surface area contributed by atoms with Crippen LogP contribution in [0.15, 0.2) is 18.2 Å². The van der Waals surface area contributed by atoms with Crippen LogP contribution in [0.3, 0.4) is 0 Å². The van der Waals surface area contributed by atoms with Crippen molar-refractivity contribution in [3.8, 4) is 17.0 Å². The van der Waals surface area contributed by atoms with Gasteiger partial charge in [-0.05, 0) is 56.2 Å². The average molecular weight is 340 g/mol. The molecule has 25 heavy (non-hydrogen) atoms. The van der Waals surface area contributed by atoms with Crippen molar-refractivity contribution in [3.63, 3.8) is 0 Å². The lowest BCUT2D eigenvalue weighted by Crippen LogP contribution is -2.37. The summed E-state index contributed by atoms with van der Waals surface area (Å²) in [5.41, 5.74) is 3.14. The molecule has 2 atom stereocenters. The number of nitrogens with zero attached hydrogens (tertiary/aromatic N) is 3. The maximum Gasteiger partial charge on any atom is 0.243 e. The first kappa shape index (κ1) is 16.3. The molecule has 0 amide bonds. The number of aryl methyl sites for hydroxylation is 1. The largest absolute Gasteiger partial charge is 0.507 e. The summed E-state index contributed by atoms with van der Waals surface area (Å²) < 4.78 is 0. The molecule has 132 valence electrons. The second-order valence-corrected chi connectivity index (χ2v) is 7.22. The minimum absolute atomic E-state index is 0.0213. The predicted molar refractivity (Wildman–Crippen MR) is 95.5 cm³/mol. The summed E-state index contributed by atoms with van der Waals surface area (Å²) in [6, 6.07) is 5.77. The van der Waals surface area contributed by atoms with Crippen LogP contribution in [0.2, 0.25) is 0 Å². The van der Waals surface area contributed by atoms with E-state index >= 15 is 0 Å². The molecule has 1 heterocycles. The molecule has 6 nitrogen and oxygen atoms in total. The van der Waals surface area contributed by atoms with Gasteiger partial charge in [0.1, 0.15) is 11.4 Å². The molecule has 0 unspecified atom stereocenters. The summed E-state index contributed by atoms with van der Waals surface area (Å²) in [5.74, 6) is 1.26. The normalized spacial score (nSPS) is 23.4. The molecule has 0 spiro atoms. The van der Waals surface area contributed by atoms with Gasteiger partial charge in [0.2, 0.25) is 5.95 Å². The summed E-state index contributed by atoms with van der Waals surface area (Å²) >= 11 is 0. The molecule has 0 saturated heterocycles. The van der Waals surface area contributed by atoms with Crippen molar-refractivity contribution < 1.29 is 10.2 Å². The van der Waals surface area contributed by atoms with Gasteiger partial charge in [-0.15, -0.1) is 10.2 Å². The van der Waals surface area contributed by atoms with E-state index < -0.39 is 0 Å². The lowest BCUT2D eigenvalue weighted by atomic mass is 9.93. The minimum Gasteiger partial charge on any atom is -0.507 e. The Bertz CT molecular complexity index is 776. The molecular weight excluding hydrogens is 316 g/mol. The van der Waals surface area contributed by atoms with Crippen molar-refractivity contribution in [2.75, 3.05) is 5.32 Å². The fraction of sp³-hybridized carbons (Fsp3) is 0.526. The molecule has 2 aromatic rings. The Morgan fingerprint density at radius 2 is 1.88 bits per heavy atom. The third-order valence-electron chi connectivity index (χ3n) is 5.23. The fourth-order valence-electron chi connectivity index (χ4n) is 3.58. The lowest BCUT2D eigenvalue weighted by Gasteiger charge is -2.28. The van der Waals surface area contributed by atoms with Crippen LogP contribution in [-0.2, 0) is 0 Å². The molecule has 4 rings (SSSR count). The predicted octanol–water partition coefficient (Wildman–Crippen LogP) is 3.15. The highest BCUT2D eigenvalue weighted by Crippen LogP contribution is 2.42. The van der Waals surface area contributed by atoms with Crippen molar-refractivity contribution in [2.24, 2.45) is 0 Å². The molecule has 3 N–H and O–H groups in total. The molecule has 1 aromatic heterocycles. The summed E-state index contributed by atoms with van der Waals surface area (Å²) in [6.45, 7) is 1.86. The van der Waals surface area contributed by atoms with E-state index in [1.807, 2.05) is 19.1 Å². The number of rotatable bonds is 4. The zero-order valence-corrected chi connectivity index (χ0v) is 14.4. The first-order valence-corrected chi connectivity index (χ1v) is 9.11. The number of aliphatic hydroxyl groups is 1. The van der Waals surface area contributed by atoms with Crippen molar-refractivity contribution in [1.29, 1.82) is 0 Å². The zero-order valence-electron chi connectivity index (χ0n) is 14.4. The number of benzene rings is 1. The van der Waals surface area contributed by atoms with E-state index in [0.29, 0.717) is 28.8 Å². The quantitative estimate of drug-likeness (QED) is 0.792. The minimum atomic E-state index is -0.364. The Morgan fingerprint density at radius 3 is 2.56 bits per heavy atom. The van der Waals surface area contributed by atoms with Gasteiger partial charge in [-0.2, -0.15) is 0 Å². The third-order valence-corrected chi connectivity index (χ3v) is 5.23. The number of phenols is 1. The maximum absolute atomic E-state index is 10.4. The van der Waals surface area contributed by atoms with E-state index in [9.17, 15) is 10.2 Å². The van der Waals surface area contributed by atoms with Crippen molar-refractivity contribution in [2.45, 2.75) is 63.5 Å². The van der Waals surface area contributed by atoms with Crippen LogP contribution in [0.25, 0.3) is 11.3 Å². The van der Waals surface area contributed by atoms with Crippen molar-refractivity contribution in [3.05, 3.63) is 29.5 Å². The summed E-state index contributed by atoms with van der Waals surface area (Å²) in [5, 5.41) is 32.1.